The Morgan fingerprint density at radius 2 is 1.10 bits per heavy atom. The molecule has 1 N–H and O–H groups in total. The van der Waals surface area contributed by atoms with Gasteiger partial charge in [0.1, 0.15) is 6.04 Å². The van der Waals surface area contributed by atoms with Crippen molar-refractivity contribution in [2.75, 3.05) is 14.2 Å². The molecular formula is C24H35NO4. The first-order valence-corrected chi connectivity index (χ1v) is 9.80. The summed E-state index contributed by atoms with van der Waals surface area (Å²) in [5.41, 5.74) is 2.50. The standard InChI is InChI=1S/C19H19NO3.2C2H6.CH4O/c1-13(21)18(14(2)22)20(3)19(23)17-11-9-16(10-12-17)15-7-5-4-6-8-15;3*1-2/h4-12,18H,1-3H3;2*1-2H3;2H,1H3. The third-order valence-corrected chi connectivity index (χ3v) is 3.72. The van der Waals surface area contributed by atoms with Crippen molar-refractivity contribution >= 4 is 17.5 Å². The Labute approximate surface area is 175 Å². The van der Waals surface area contributed by atoms with E-state index in [2.05, 4.69) is 0 Å². The van der Waals surface area contributed by atoms with E-state index < -0.39 is 6.04 Å². The fourth-order valence-electron chi connectivity index (χ4n) is 2.59. The Morgan fingerprint density at radius 3 is 1.48 bits per heavy atom. The van der Waals surface area contributed by atoms with Crippen molar-refractivity contribution in [3.63, 3.8) is 0 Å². The molecule has 0 aliphatic heterocycles. The molecule has 0 radical (unpaired) electrons. The number of likely N-dealkylation sites (N-methyl/N-ethyl adjacent to an activating group) is 1. The largest absolute Gasteiger partial charge is 0.400 e. The number of aliphatic hydroxyl groups excluding tert-OH is 1. The van der Waals surface area contributed by atoms with Crippen LogP contribution >= 0.6 is 0 Å². The average molecular weight is 402 g/mol. The van der Waals surface area contributed by atoms with Gasteiger partial charge in [-0.05, 0) is 37.1 Å². The third-order valence-electron chi connectivity index (χ3n) is 3.72. The van der Waals surface area contributed by atoms with Crippen molar-refractivity contribution in [3.8, 4) is 11.1 Å². The quantitative estimate of drug-likeness (QED) is 0.741. The molecule has 29 heavy (non-hydrogen) atoms. The predicted octanol–water partition coefficient (Wildman–Crippen LogP) is 4.63. The van der Waals surface area contributed by atoms with Crippen molar-refractivity contribution in [1.82, 2.24) is 4.90 Å². The first kappa shape index (κ1) is 28.4. The molecule has 0 unspecified atom stereocenters. The Hall–Kier alpha value is -2.79. The Balaban J connectivity index is 0. The van der Waals surface area contributed by atoms with Crippen LogP contribution in [0.2, 0.25) is 0 Å². The van der Waals surface area contributed by atoms with Gasteiger partial charge in [0, 0.05) is 19.7 Å². The Bertz CT molecular complexity index is 710. The minimum absolute atomic E-state index is 0.339. The second kappa shape index (κ2) is 16.2. The molecule has 0 bridgehead atoms. The van der Waals surface area contributed by atoms with Gasteiger partial charge >= 0.3 is 0 Å². The second-order valence-electron chi connectivity index (χ2n) is 5.48. The van der Waals surface area contributed by atoms with Gasteiger partial charge < -0.3 is 10.0 Å². The van der Waals surface area contributed by atoms with E-state index in [1.807, 2.05) is 70.2 Å². The molecule has 0 spiro atoms. The number of carbonyl (C=O) groups is 3. The summed E-state index contributed by atoms with van der Waals surface area (Å²) in [7, 11) is 2.47. The molecule has 0 aromatic heterocycles. The van der Waals surface area contributed by atoms with Crippen LogP contribution in [-0.2, 0) is 9.59 Å². The Kier molecular flexibility index (Phi) is 15.9. The molecule has 0 aliphatic carbocycles. The molecule has 0 saturated heterocycles. The van der Waals surface area contributed by atoms with Gasteiger partial charge in [-0.25, -0.2) is 0 Å². The lowest BCUT2D eigenvalue weighted by Gasteiger charge is -2.24. The van der Waals surface area contributed by atoms with Crippen molar-refractivity contribution < 1.29 is 19.5 Å². The highest BCUT2D eigenvalue weighted by Gasteiger charge is 2.28. The highest BCUT2D eigenvalue weighted by molar-refractivity contribution is 6.09. The van der Waals surface area contributed by atoms with Gasteiger partial charge in [0.15, 0.2) is 11.6 Å². The zero-order valence-corrected chi connectivity index (χ0v) is 18.9. The number of carbonyl (C=O) groups excluding carboxylic acids is 3. The van der Waals surface area contributed by atoms with Crippen LogP contribution in [0.15, 0.2) is 54.6 Å². The molecule has 2 rings (SSSR count). The summed E-state index contributed by atoms with van der Waals surface area (Å²) in [5, 5.41) is 7.00. The maximum Gasteiger partial charge on any atom is 0.254 e. The van der Waals surface area contributed by atoms with Gasteiger partial charge in [0.25, 0.3) is 5.91 Å². The van der Waals surface area contributed by atoms with Crippen LogP contribution < -0.4 is 0 Å². The number of amides is 1. The number of nitrogens with zero attached hydrogens (tertiary/aromatic N) is 1. The van der Waals surface area contributed by atoms with Crippen LogP contribution in [0.3, 0.4) is 0 Å². The molecule has 0 heterocycles. The van der Waals surface area contributed by atoms with E-state index in [0.717, 1.165) is 18.2 Å². The number of aliphatic hydroxyl groups is 1. The van der Waals surface area contributed by atoms with E-state index >= 15 is 0 Å². The first-order chi connectivity index (χ1) is 13.9. The van der Waals surface area contributed by atoms with Gasteiger partial charge in [0.05, 0.1) is 0 Å². The molecule has 0 aliphatic rings. The summed E-state index contributed by atoms with van der Waals surface area (Å²) in [6.45, 7) is 10.6. The summed E-state index contributed by atoms with van der Waals surface area (Å²) < 4.78 is 0. The SMILES string of the molecule is CC.CC.CC(=O)C(C(C)=O)N(C)C(=O)c1ccc(-c2ccccc2)cc1.CO. The summed E-state index contributed by atoms with van der Waals surface area (Å²) in [6.07, 6.45) is 0. The lowest BCUT2D eigenvalue weighted by molar-refractivity contribution is -0.130. The minimum Gasteiger partial charge on any atom is -0.400 e. The van der Waals surface area contributed by atoms with Crippen LogP contribution in [0, 0.1) is 0 Å². The van der Waals surface area contributed by atoms with Gasteiger partial charge in [-0.15, -0.1) is 0 Å². The van der Waals surface area contributed by atoms with Gasteiger partial charge in [-0.2, -0.15) is 0 Å². The molecule has 5 heteroatoms. The Morgan fingerprint density at radius 1 is 0.724 bits per heavy atom. The number of benzene rings is 2. The summed E-state index contributed by atoms with van der Waals surface area (Å²) in [6, 6.07) is 15.9. The maximum absolute atomic E-state index is 12.5. The highest BCUT2D eigenvalue weighted by atomic mass is 16.2. The van der Waals surface area contributed by atoms with Crippen LogP contribution in [0.4, 0.5) is 0 Å². The average Bonchev–Trinajstić information content (AvgIpc) is 2.77. The van der Waals surface area contributed by atoms with E-state index in [9.17, 15) is 14.4 Å². The van der Waals surface area contributed by atoms with E-state index in [-0.39, 0.29) is 17.5 Å². The number of ketones is 2. The fourth-order valence-corrected chi connectivity index (χ4v) is 2.59. The molecular weight excluding hydrogens is 366 g/mol. The number of hydrogen-bond acceptors (Lipinski definition) is 4. The molecule has 160 valence electrons. The molecule has 0 fully saturated rings. The van der Waals surface area contributed by atoms with Gasteiger partial charge in [-0.1, -0.05) is 70.2 Å². The van der Waals surface area contributed by atoms with E-state index in [1.54, 1.807) is 12.1 Å². The lowest BCUT2D eigenvalue weighted by atomic mass is 10.0. The maximum atomic E-state index is 12.5. The predicted molar refractivity (Wildman–Crippen MR) is 120 cm³/mol. The molecule has 5 nitrogen and oxygen atoms in total. The minimum atomic E-state index is -1.03. The van der Waals surface area contributed by atoms with Crippen molar-refractivity contribution in [2.24, 2.45) is 0 Å². The molecule has 2 aromatic carbocycles. The smallest absolute Gasteiger partial charge is 0.254 e. The first-order valence-electron chi connectivity index (χ1n) is 9.80. The third kappa shape index (κ3) is 8.83. The van der Waals surface area contributed by atoms with E-state index in [1.165, 1.54) is 25.8 Å². The normalized spacial score (nSPS) is 8.90. The second-order valence-corrected chi connectivity index (χ2v) is 5.48. The van der Waals surface area contributed by atoms with Gasteiger partial charge in [-0.3, -0.25) is 14.4 Å². The monoisotopic (exact) mass is 401 g/mol. The van der Waals surface area contributed by atoms with Crippen LogP contribution in [0.5, 0.6) is 0 Å². The molecule has 1 amide bonds. The lowest BCUT2D eigenvalue weighted by Crippen LogP contribution is -2.45. The van der Waals surface area contributed by atoms with Crippen LogP contribution in [0.25, 0.3) is 11.1 Å². The topological polar surface area (TPSA) is 74.7 Å². The summed E-state index contributed by atoms with van der Waals surface area (Å²) >= 11 is 0. The highest BCUT2D eigenvalue weighted by Crippen LogP contribution is 2.20. The van der Waals surface area contributed by atoms with Gasteiger partial charge in [0.2, 0.25) is 0 Å². The van der Waals surface area contributed by atoms with Crippen molar-refractivity contribution in [1.29, 1.82) is 0 Å². The summed E-state index contributed by atoms with van der Waals surface area (Å²) in [4.78, 5) is 36.8. The van der Waals surface area contributed by atoms with Crippen molar-refractivity contribution in [3.05, 3.63) is 60.2 Å². The molecule has 0 atom stereocenters. The zero-order valence-electron chi connectivity index (χ0n) is 18.9. The van der Waals surface area contributed by atoms with Crippen molar-refractivity contribution in [2.45, 2.75) is 47.6 Å². The van der Waals surface area contributed by atoms with E-state index in [0.29, 0.717) is 5.56 Å². The fraction of sp³-hybridized carbons (Fsp3) is 0.375. The number of hydrogen-bond donors (Lipinski definition) is 1. The van der Waals surface area contributed by atoms with Crippen LogP contribution in [-0.4, -0.2) is 47.7 Å². The summed E-state index contributed by atoms with van der Waals surface area (Å²) in [5.74, 6) is -1.02. The molecule has 2 aromatic rings. The zero-order chi connectivity index (χ0) is 23.0. The number of Topliss-reactive ketones (excluding diaryl/α,β-unsaturated/α-hetero) is 2. The number of rotatable bonds is 5. The van der Waals surface area contributed by atoms with E-state index in [4.69, 9.17) is 5.11 Å². The van der Waals surface area contributed by atoms with Crippen LogP contribution in [0.1, 0.15) is 51.9 Å². The molecule has 0 saturated carbocycles.